The first-order valence-electron chi connectivity index (χ1n) is 10.8. The topological polar surface area (TPSA) is 46.0 Å². The van der Waals surface area contributed by atoms with Gasteiger partial charge in [-0.05, 0) is 54.2 Å². The molecule has 7 heteroatoms. The number of thiocarbonyl (C=S) groups is 1. The summed E-state index contributed by atoms with van der Waals surface area (Å²) in [5.74, 6) is 0. The van der Waals surface area contributed by atoms with Gasteiger partial charge in [0.05, 0.1) is 33.7 Å². The zero-order valence-corrected chi connectivity index (χ0v) is 19.3. The molecular formula is C26H21N5S2. The molecule has 1 aliphatic heterocycles. The van der Waals surface area contributed by atoms with Crippen molar-refractivity contribution in [3.63, 3.8) is 0 Å². The first-order valence-corrected chi connectivity index (χ1v) is 12.1. The Morgan fingerprint density at radius 2 is 1.73 bits per heavy atom. The summed E-state index contributed by atoms with van der Waals surface area (Å²) in [4.78, 5) is 11.8. The molecule has 0 spiro atoms. The standard InChI is InChI=1S/C26H21N5S2/c32-25-29-23(20-12-6-7-15-27-20)24(31(25)17-18-9-2-1-3-10-18)21-13-8-16-30(21)26-28-19-11-4-5-14-22(19)33-26/h1-16,23-24H,17H2,(H,29,32)/t23-,24-/m1/s1. The van der Waals surface area contributed by atoms with E-state index in [-0.39, 0.29) is 12.1 Å². The van der Waals surface area contributed by atoms with Crippen LogP contribution in [0.4, 0.5) is 0 Å². The molecule has 2 atom stereocenters. The number of hydrogen-bond donors (Lipinski definition) is 1. The van der Waals surface area contributed by atoms with Crippen molar-refractivity contribution in [1.82, 2.24) is 24.8 Å². The van der Waals surface area contributed by atoms with Gasteiger partial charge in [0, 0.05) is 18.9 Å². The van der Waals surface area contributed by atoms with Gasteiger partial charge in [0.2, 0.25) is 0 Å². The number of para-hydroxylation sites is 1. The van der Waals surface area contributed by atoms with Crippen LogP contribution in [-0.4, -0.2) is 24.5 Å². The number of aromatic nitrogens is 3. The van der Waals surface area contributed by atoms with Crippen LogP contribution in [0.5, 0.6) is 0 Å². The maximum absolute atomic E-state index is 5.84. The molecule has 1 aliphatic rings. The highest BCUT2D eigenvalue weighted by atomic mass is 32.1. The third-order valence-electron chi connectivity index (χ3n) is 5.97. The van der Waals surface area contributed by atoms with E-state index < -0.39 is 0 Å². The fourth-order valence-corrected chi connectivity index (χ4v) is 5.73. The highest BCUT2D eigenvalue weighted by Crippen LogP contribution is 2.41. The second kappa shape index (κ2) is 8.42. The van der Waals surface area contributed by atoms with Crippen molar-refractivity contribution in [3.8, 4) is 5.13 Å². The summed E-state index contributed by atoms with van der Waals surface area (Å²) in [5.41, 5.74) is 4.33. The Hall–Kier alpha value is -3.55. The van der Waals surface area contributed by atoms with E-state index in [9.17, 15) is 0 Å². The van der Waals surface area contributed by atoms with Crippen molar-refractivity contribution < 1.29 is 0 Å². The van der Waals surface area contributed by atoms with Crippen LogP contribution >= 0.6 is 23.6 Å². The summed E-state index contributed by atoms with van der Waals surface area (Å²) >= 11 is 7.54. The predicted molar refractivity (Wildman–Crippen MR) is 136 cm³/mol. The molecule has 1 N–H and O–H groups in total. The predicted octanol–water partition coefficient (Wildman–Crippen LogP) is 5.65. The van der Waals surface area contributed by atoms with Gasteiger partial charge in [0.1, 0.15) is 0 Å². The van der Waals surface area contributed by atoms with Gasteiger partial charge in [0.15, 0.2) is 10.2 Å². The maximum Gasteiger partial charge on any atom is 0.194 e. The van der Waals surface area contributed by atoms with Crippen LogP contribution in [-0.2, 0) is 6.54 Å². The summed E-state index contributed by atoms with van der Waals surface area (Å²) in [6, 6.07) is 28.9. The lowest BCUT2D eigenvalue weighted by atomic mass is 10.0. The molecule has 4 heterocycles. The second-order valence-corrected chi connectivity index (χ2v) is 9.40. The molecule has 0 radical (unpaired) electrons. The van der Waals surface area contributed by atoms with Crippen LogP contribution in [0, 0.1) is 0 Å². The Kier molecular flexibility index (Phi) is 5.13. The normalized spacial score (nSPS) is 18.1. The van der Waals surface area contributed by atoms with Crippen molar-refractivity contribution in [2.75, 3.05) is 0 Å². The molecule has 5 nitrogen and oxygen atoms in total. The van der Waals surface area contributed by atoms with Crippen LogP contribution < -0.4 is 5.32 Å². The number of nitrogens with one attached hydrogen (secondary N) is 1. The fraction of sp³-hybridized carbons (Fsp3) is 0.115. The van der Waals surface area contributed by atoms with Crippen LogP contribution in [0.25, 0.3) is 15.3 Å². The molecule has 0 unspecified atom stereocenters. The Bertz CT molecular complexity index is 1380. The minimum Gasteiger partial charge on any atom is -0.352 e. The molecule has 0 aliphatic carbocycles. The average Bonchev–Trinajstić information content (AvgIpc) is 3.57. The molecule has 162 valence electrons. The van der Waals surface area contributed by atoms with E-state index in [0.717, 1.165) is 27.1 Å². The molecule has 5 aromatic rings. The van der Waals surface area contributed by atoms with E-state index in [1.54, 1.807) is 11.3 Å². The summed E-state index contributed by atoms with van der Waals surface area (Å²) in [7, 11) is 0. The van der Waals surface area contributed by atoms with Gasteiger partial charge >= 0.3 is 0 Å². The van der Waals surface area contributed by atoms with Crippen LogP contribution in [0.3, 0.4) is 0 Å². The molecule has 1 fully saturated rings. The van der Waals surface area contributed by atoms with Gasteiger partial charge in [-0.3, -0.25) is 9.55 Å². The third-order valence-corrected chi connectivity index (χ3v) is 7.35. The smallest absolute Gasteiger partial charge is 0.194 e. The van der Waals surface area contributed by atoms with E-state index in [4.69, 9.17) is 17.2 Å². The van der Waals surface area contributed by atoms with Crippen LogP contribution in [0.2, 0.25) is 0 Å². The molecule has 3 aromatic heterocycles. The molecule has 0 saturated carbocycles. The Morgan fingerprint density at radius 1 is 0.909 bits per heavy atom. The number of benzene rings is 2. The van der Waals surface area contributed by atoms with E-state index in [2.05, 4.69) is 86.6 Å². The first-order chi connectivity index (χ1) is 16.3. The van der Waals surface area contributed by atoms with Crippen LogP contribution in [0.15, 0.2) is 97.3 Å². The molecular weight excluding hydrogens is 446 g/mol. The zero-order chi connectivity index (χ0) is 22.2. The molecule has 1 saturated heterocycles. The van der Waals surface area contributed by atoms with Gasteiger partial charge in [-0.2, -0.15) is 0 Å². The highest BCUT2D eigenvalue weighted by Gasteiger charge is 2.41. The molecule has 0 amide bonds. The second-order valence-electron chi connectivity index (χ2n) is 8.01. The third kappa shape index (κ3) is 3.69. The van der Waals surface area contributed by atoms with Gasteiger partial charge in [-0.15, -0.1) is 0 Å². The molecule has 6 rings (SSSR count). The number of hydrogen-bond acceptors (Lipinski definition) is 4. The Labute approximate surface area is 201 Å². The lowest BCUT2D eigenvalue weighted by Crippen LogP contribution is -2.30. The number of rotatable bonds is 5. The summed E-state index contributed by atoms with van der Waals surface area (Å²) in [6.45, 7) is 0.714. The van der Waals surface area contributed by atoms with Gasteiger partial charge in [-0.1, -0.05) is 59.9 Å². The summed E-state index contributed by atoms with van der Waals surface area (Å²) in [5, 5.41) is 5.23. The average molecular weight is 468 g/mol. The SMILES string of the molecule is S=C1N[C@H](c2ccccn2)[C@@H](c2cccn2-c2nc3ccccc3s2)N1Cc1ccccc1. The van der Waals surface area contributed by atoms with E-state index in [1.165, 1.54) is 10.3 Å². The number of thiazole rings is 1. The van der Waals surface area contributed by atoms with E-state index in [0.29, 0.717) is 6.54 Å². The largest absolute Gasteiger partial charge is 0.352 e. The quantitative estimate of drug-likeness (QED) is 0.338. The highest BCUT2D eigenvalue weighted by molar-refractivity contribution is 7.80. The van der Waals surface area contributed by atoms with Crippen molar-refractivity contribution >= 4 is 38.9 Å². The van der Waals surface area contributed by atoms with E-state index in [1.807, 2.05) is 30.5 Å². The maximum atomic E-state index is 5.84. The summed E-state index contributed by atoms with van der Waals surface area (Å²) in [6.07, 6.45) is 3.92. The lowest BCUT2D eigenvalue weighted by molar-refractivity contribution is 0.302. The molecule has 2 aromatic carbocycles. The minimum absolute atomic E-state index is 0.0328. The fourth-order valence-electron chi connectivity index (χ4n) is 4.45. The van der Waals surface area contributed by atoms with Crippen molar-refractivity contribution in [2.24, 2.45) is 0 Å². The van der Waals surface area contributed by atoms with Crippen molar-refractivity contribution in [2.45, 2.75) is 18.6 Å². The molecule has 0 bridgehead atoms. The van der Waals surface area contributed by atoms with Gasteiger partial charge in [-0.25, -0.2) is 4.98 Å². The minimum atomic E-state index is -0.0644. The Balaban J connectivity index is 1.46. The van der Waals surface area contributed by atoms with Crippen molar-refractivity contribution in [3.05, 3.63) is 114 Å². The number of fused-ring (bicyclic) bond motifs is 1. The zero-order valence-electron chi connectivity index (χ0n) is 17.7. The van der Waals surface area contributed by atoms with E-state index >= 15 is 0 Å². The molecule has 33 heavy (non-hydrogen) atoms. The van der Waals surface area contributed by atoms with Gasteiger partial charge in [0.25, 0.3) is 0 Å². The number of pyridine rings is 1. The van der Waals surface area contributed by atoms with Crippen LogP contribution in [0.1, 0.15) is 29.0 Å². The Morgan fingerprint density at radius 3 is 2.55 bits per heavy atom. The first kappa shape index (κ1) is 20.1. The number of nitrogens with zero attached hydrogens (tertiary/aromatic N) is 4. The monoisotopic (exact) mass is 467 g/mol. The van der Waals surface area contributed by atoms with Gasteiger partial charge < -0.3 is 10.2 Å². The summed E-state index contributed by atoms with van der Waals surface area (Å²) < 4.78 is 3.37. The van der Waals surface area contributed by atoms with Crippen molar-refractivity contribution in [1.29, 1.82) is 0 Å². The lowest BCUT2D eigenvalue weighted by Gasteiger charge is -2.28.